The lowest BCUT2D eigenvalue weighted by Gasteiger charge is -2.47. The normalized spacial score (nSPS) is 22.2. The highest BCUT2D eigenvalue weighted by atomic mass is 14.9. The summed E-state index contributed by atoms with van der Waals surface area (Å²) in [6.07, 6.45) is 21.6. The number of nitrogens with one attached hydrogen (secondary N) is 1. The Kier molecular flexibility index (Phi) is 10.8. The fourth-order valence-electron chi connectivity index (χ4n) is 8.19. The van der Waals surface area contributed by atoms with Crippen molar-refractivity contribution in [1.82, 2.24) is 0 Å². The highest BCUT2D eigenvalue weighted by molar-refractivity contribution is 5.71. The predicted molar refractivity (Wildman–Crippen MR) is 168 cm³/mol. The number of rotatable bonds is 12. The quantitative estimate of drug-likeness (QED) is 0.277. The van der Waals surface area contributed by atoms with Crippen LogP contribution in [0.4, 0.5) is 5.69 Å². The fourth-order valence-corrected chi connectivity index (χ4v) is 8.19. The van der Waals surface area contributed by atoms with Crippen molar-refractivity contribution in [2.45, 2.75) is 137 Å². The first-order valence-corrected chi connectivity index (χ1v) is 16.4. The minimum Gasteiger partial charge on any atom is -0.385 e. The molecule has 2 aromatic rings. The molecule has 0 saturated heterocycles. The zero-order valence-corrected chi connectivity index (χ0v) is 25.5. The number of aryl methyl sites for hydroxylation is 2. The van der Waals surface area contributed by atoms with Crippen LogP contribution in [0.15, 0.2) is 36.4 Å². The summed E-state index contributed by atoms with van der Waals surface area (Å²) >= 11 is 0. The van der Waals surface area contributed by atoms with E-state index in [9.17, 15) is 0 Å². The molecule has 0 heterocycles. The number of unbranched alkanes of at least 4 members (excludes halogenated alkanes) is 3. The Morgan fingerprint density at radius 3 is 2.21 bits per heavy atom. The van der Waals surface area contributed by atoms with Crippen molar-refractivity contribution in [1.29, 1.82) is 0 Å². The van der Waals surface area contributed by atoms with E-state index in [4.69, 9.17) is 0 Å². The standard InChI is InChI=1S/C37H57N/c1-6-8-11-22-37(23-12-10-13-24-37)33-17-14-31(15-18-33)30(5)35-20-16-32(26-28(35)3)36-21-19-34(27-29(36)4)38-25-9-7-2/h16,19-21,26-27,30-31,33,38H,6-15,17-18,22-25H2,1-5H3/t30?,31-,33-. The maximum Gasteiger partial charge on any atom is 0.0343 e. The molecule has 210 valence electrons. The van der Waals surface area contributed by atoms with Gasteiger partial charge in [-0.1, -0.05) is 90.0 Å². The summed E-state index contributed by atoms with van der Waals surface area (Å²) in [6, 6.07) is 14.2. The first-order valence-electron chi connectivity index (χ1n) is 16.4. The zero-order chi connectivity index (χ0) is 27.0. The van der Waals surface area contributed by atoms with E-state index < -0.39 is 0 Å². The zero-order valence-electron chi connectivity index (χ0n) is 25.5. The molecule has 2 aliphatic carbocycles. The SMILES string of the molecule is CCCCCC1([C@H]2CC[C@H](C(C)c3ccc(-c4ccc(NCCCC)cc4C)cc3C)CC2)CCCCC1. The molecule has 0 spiro atoms. The Hall–Kier alpha value is -1.76. The molecular weight excluding hydrogens is 458 g/mol. The molecule has 2 fully saturated rings. The average Bonchev–Trinajstić information content (AvgIpc) is 2.94. The summed E-state index contributed by atoms with van der Waals surface area (Å²) in [4.78, 5) is 0. The lowest BCUT2D eigenvalue weighted by Crippen LogP contribution is -2.36. The predicted octanol–water partition coefficient (Wildman–Crippen LogP) is 11.6. The molecule has 0 aromatic heterocycles. The van der Waals surface area contributed by atoms with Crippen LogP contribution >= 0.6 is 0 Å². The van der Waals surface area contributed by atoms with Crippen molar-refractivity contribution in [3.8, 4) is 11.1 Å². The highest BCUT2D eigenvalue weighted by Crippen LogP contribution is 2.53. The average molecular weight is 516 g/mol. The van der Waals surface area contributed by atoms with Gasteiger partial charge in [-0.2, -0.15) is 0 Å². The number of anilines is 1. The first-order chi connectivity index (χ1) is 18.5. The third kappa shape index (κ3) is 7.05. The van der Waals surface area contributed by atoms with Gasteiger partial charge in [0.25, 0.3) is 0 Å². The molecule has 1 atom stereocenters. The molecule has 0 bridgehead atoms. The van der Waals surface area contributed by atoms with Crippen LogP contribution in [0.5, 0.6) is 0 Å². The summed E-state index contributed by atoms with van der Waals surface area (Å²) in [5.74, 6) is 2.51. The highest BCUT2D eigenvalue weighted by Gasteiger charge is 2.41. The van der Waals surface area contributed by atoms with Gasteiger partial charge < -0.3 is 5.32 Å². The van der Waals surface area contributed by atoms with Crippen molar-refractivity contribution in [3.63, 3.8) is 0 Å². The molecular formula is C37H57N. The second-order valence-electron chi connectivity index (χ2n) is 13.2. The Bertz CT molecular complexity index is 990. The molecule has 0 radical (unpaired) electrons. The largest absolute Gasteiger partial charge is 0.385 e. The van der Waals surface area contributed by atoms with Crippen LogP contribution in [-0.4, -0.2) is 6.54 Å². The van der Waals surface area contributed by atoms with Crippen molar-refractivity contribution in [3.05, 3.63) is 53.1 Å². The smallest absolute Gasteiger partial charge is 0.0343 e. The van der Waals surface area contributed by atoms with Crippen molar-refractivity contribution < 1.29 is 0 Å². The molecule has 1 heteroatoms. The van der Waals surface area contributed by atoms with Gasteiger partial charge in [-0.3, -0.25) is 0 Å². The summed E-state index contributed by atoms with van der Waals surface area (Å²) in [5.41, 5.74) is 9.10. The van der Waals surface area contributed by atoms with Crippen LogP contribution in [0.1, 0.15) is 140 Å². The minimum absolute atomic E-state index is 0.665. The van der Waals surface area contributed by atoms with E-state index in [0.717, 1.165) is 18.4 Å². The maximum absolute atomic E-state index is 3.58. The molecule has 2 aromatic carbocycles. The van der Waals surface area contributed by atoms with Gasteiger partial charge in [0.1, 0.15) is 0 Å². The monoisotopic (exact) mass is 515 g/mol. The van der Waals surface area contributed by atoms with Gasteiger partial charge in [0, 0.05) is 12.2 Å². The fraction of sp³-hybridized carbons (Fsp3) is 0.676. The van der Waals surface area contributed by atoms with Gasteiger partial charge in [-0.25, -0.2) is 0 Å². The molecule has 2 aliphatic rings. The van der Waals surface area contributed by atoms with Crippen LogP contribution in [-0.2, 0) is 0 Å². The molecule has 1 N–H and O–H groups in total. The van der Waals surface area contributed by atoms with E-state index in [0.29, 0.717) is 11.3 Å². The molecule has 1 unspecified atom stereocenters. The van der Waals surface area contributed by atoms with Gasteiger partial charge in [0.05, 0.1) is 0 Å². The van der Waals surface area contributed by atoms with Crippen LogP contribution in [0.2, 0.25) is 0 Å². The Morgan fingerprint density at radius 2 is 1.55 bits per heavy atom. The number of hydrogen-bond acceptors (Lipinski definition) is 1. The van der Waals surface area contributed by atoms with Crippen LogP contribution < -0.4 is 5.32 Å². The summed E-state index contributed by atoms with van der Waals surface area (Å²) in [6.45, 7) is 12.8. The second-order valence-corrected chi connectivity index (χ2v) is 13.2. The third-order valence-electron chi connectivity index (χ3n) is 10.6. The molecule has 38 heavy (non-hydrogen) atoms. The van der Waals surface area contributed by atoms with E-state index in [2.05, 4.69) is 76.3 Å². The molecule has 4 rings (SSSR count). The van der Waals surface area contributed by atoms with E-state index >= 15 is 0 Å². The van der Waals surface area contributed by atoms with E-state index in [1.54, 1.807) is 5.56 Å². The number of benzene rings is 2. The second kappa shape index (κ2) is 14.0. The molecule has 2 saturated carbocycles. The maximum atomic E-state index is 3.58. The van der Waals surface area contributed by atoms with Gasteiger partial charge in [0.2, 0.25) is 0 Å². The molecule has 0 amide bonds. The van der Waals surface area contributed by atoms with Gasteiger partial charge >= 0.3 is 0 Å². The van der Waals surface area contributed by atoms with Gasteiger partial charge in [-0.05, 0) is 128 Å². The van der Waals surface area contributed by atoms with Crippen molar-refractivity contribution >= 4 is 5.69 Å². The van der Waals surface area contributed by atoms with E-state index in [1.807, 2.05) is 0 Å². The minimum atomic E-state index is 0.665. The lowest BCUT2D eigenvalue weighted by molar-refractivity contribution is 0.0409. The van der Waals surface area contributed by atoms with E-state index in [-0.39, 0.29) is 0 Å². The Labute approximate surface area is 235 Å². The van der Waals surface area contributed by atoms with E-state index in [1.165, 1.54) is 124 Å². The van der Waals surface area contributed by atoms with Crippen LogP contribution in [0, 0.1) is 31.1 Å². The third-order valence-corrected chi connectivity index (χ3v) is 10.6. The topological polar surface area (TPSA) is 12.0 Å². The summed E-state index contributed by atoms with van der Waals surface area (Å²) < 4.78 is 0. The van der Waals surface area contributed by atoms with Crippen LogP contribution in [0.25, 0.3) is 11.1 Å². The van der Waals surface area contributed by atoms with Crippen molar-refractivity contribution in [2.75, 3.05) is 11.9 Å². The Balaban J connectivity index is 1.39. The molecule has 1 nitrogen and oxygen atoms in total. The first kappa shape index (κ1) is 29.2. The van der Waals surface area contributed by atoms with Crippen molar-refractivity contribution in [2.24, 2.45) is 17.3 Å². The summed E-state index contributed by atoms with van der Waals surface area (Å²) in [7, 11) is 0. The van der Waals surface area contributed by atoms with Crippen LogP contribution in [0.3, 0.4) is 0 Å². The number of hydrogen-bond donors (Lipinski definition) is 1. The van der Waals surface area contributed by atoms with Gasteiger partial charge in [0.15, 0.2) is 0 Å². The lowest BCUT2D eigenvalue weighted by atomic mass is 9.58. The molecule has 0 aliphatic heterocycles. The Morgan fingerprint density at radius 1 is 0.816 bits per heavy atom. The van der Waals surface area contributed by atoms with Gasteiger partial charge in [-0.15, -0.1) is 0 Å². The summed E-state index contributed by atoms with van der Waals surface area (Å²) in [5, 5.41) is 3.58.